The van der Waals surface area contributed by atoms with Gasteiger partial charge in [0.1, 0.15) is 0 Å². The molecule has 2 rings (SSSR count). The molecule has 12 heteroatoms. The van der Waals surface area contributed by atoms with Crippen LogP contribution >= 0.6 is 0 Å². The minimum atomic E-state index is -5.10. The maximum Gasteiger partial charge on any atom is 0.416 e. The molecule has 0 spiro atoms. The fraction of sp³-hybridized carbons (Fsp3) is 0.235. The molecule has 0 aliphatic heterocycles. The quantitative estimate of drug-likeness (QED) is 0.724. The molecule has 5 nitrogen and oxygen atoms in total. The number of carbonyl (C=O) groups excluding carboxylic acids is 1. The van der Waals surface area contributed by atoms with Crippen LogP contribution in [0.2, 0.25) is 0 Å². The van der Waals surface area contributed by atoms with E-state index >= 15 is 0 Å². The summed E-state index contributed by atoms with van der Waals surface area (Å²) in [7, 11) is -1.34. The van der Waals surface area contributed by atoms with Crippen LogP contribution < -0.4 is 5.32 Å². The van der Waals surface area contributed by atoms with E-state index in [1.165, 1.54) is 32.3 Å². The molecule has 0 aliphatic rings. The highest BCUT2D eigenvalue weighted by atomic mass is 32.2. The monoisotopic (exact) mass is 440 g/mol. The van der Waals surface area contributed by atoms with Crippen LogP contribution in [0.1, 0.15) is 21.5 Å². The van der Waals surface area contributed by atoms with E-state index in [1.54, 1.807) is 0 Å². The van der Waals surface area contributed by atoms with Gasteiger partial charge in [-0.1, -0.05) is 6.07 Å². The van der Waals surface area contributed by atoms with Crippen molar-refractivity contribution in [3.63, 3.8) is 0 Å². The molecule has 0 aromatic heterocycles. The summed E-state index contributed by atoms with van der Waals surface area (Å²) in [5, 5.41) is 2.11. The number of halogens is 6. The number of sulfonamides is 1. The first-order valence-electron chi connectivity index (χ1n) is 7.76. The lowest BCUT2D eigenvalue weighted by Crippen LogP contribution is -2.22. The number of anilines is 1. The van der Waals surface area contributed by atoms with Gasteiger partial charge in [-0.05, 0) is 36.4 Å². The fourth-order valence-electron chi connectivity index (χ4n) is 2.23. The molecule has 1 N–H and O–H groups in total. The average Bonchev–Trinajstić information content (AvgIpc) is 2.60. The summed E-state index contributed by atoms with van der Waals surface area (Å²) >= 11 is 0. The average molecular weight is 440 g/mol. The van der Waals surface area contributed by atoms with Gasteiger partial charge < -0.3 is 5.32 Å². The van der Waals surface area contributed by atoms with Crippen LogP contribution in [-0.4, -0.2) is 32.7 Å². The summed E-state index contributed by atoms with van der Waals surface area (Å²) in [5.41, 5.74) is -4.28. The Labute approximate surface area is 162 Å². The van der Waals surface area contributed by atoms with E-state index in [4.69, 9.17) is 0 Å². The molecule has 0 heterocycles. The Morgan fingerprint density at radius 3 is 1.86 bits per heavy atom. The van der Waals surface area contributed by atoms with Crippen molar-refractivity contribution in [3.8, 4) is 0 Å². The Morgan fingerprint density at radius 1 is 0.897 bits per heavy atom. The van der Waals surface area contributed by atoms with Crippen LogP contribution in [0.4, 0.5) is 32.0 Å². The van der Waals surface area contributed by atoms with Crippen molar-refractivity contribution in [2.75, 3.05) is 19.4 Å². The van der Waals surface area contributed by atoms with Gasteiger partial charge in [-0.2, -0.15) is 26.3 Å². The van der Waals surface area contributed by atoms with Crippen molar-refractivity contribution in [1.29, 1.82) is 0 Å². The lowest BCUT2D eigenvalue weighted by molar-refractivity contribution is -0.143. The lowest BCUT2D eigenvalue weighted by atomic mass is 10.0. The molecule has 1 amide bonds. The molecular weight excluding hydrogens is 426 g/mol. The van der Waals surface area contributed by atoms with Gasteiger partial charge in [-0.25, -0.2) is 12.7 Å². The molecule has 0 bridgehead atoms. The van der Waals surface area contributed by atoms with Crippen molar-refractivity contribution in [3.05, 3.63) is 59.2 Å². The highest BCUT2D eigenvalue weighted by Gasteiger charge is 2.37. The summed E-state index contributed by atoms with van der Waals surface area (Å²) in [6.07, 6.45) is -10.2. The second kappa shape index (κ2) is 7.67. The molecule has 0 aliphatic carbocycles. The first-order chi connectivity index (χ1) is 13.1. The SMILES string of the molecule is CN(C)S(=O)(=O)c1cccc(NC(=O)c2cc(C(F)(F)F)cc(C(F)(F)F)c2)c1. The standard InChI is InChI=1S/C17H14F6N2O3S/c1-25(2)29(27,28)14-5-3-4-13(9-14)24-15(26)10-6-11(16(18,19)20)8-12(7-10)17(21,22)23/h3-9H,1-2H3,(H,24,26). The van der Waals surface area contributed by atoms with Crippen molar-refractivity contribution in [2.45, 2.75) is 17.2 Å². The number of amides is 1. The van der Waals surface area contributed by atoms with Crippen molar-refractivity contribution in [2.24, 2.45) is 0 Å². The molecule has 2 aromatic carbocycles. The van der Waals surface area contributed by atoms with Crippen LogP contribution in [0.3, 0.4) is 0 Å². The molecule has 0 saturated carbocycles. The van der Waals surface area contributed by atoms with E-state index in [1.807, 2.05) is 0 Å². The van der Waals surface area contributed by atoms with Crippen LogP contribution in [0.5, 0.6) is 0 Å². The third-order valence-corrected chi connectivity index (χ3v) is 5.53. The normalized spacial score (nSPS) is 12.9. The first kappa shape index (κ1) is 22.7. The first-order valence-corrected chi connectivity index (χ1v) is 9.20. The van der Waals surface area contributed by atoms with Gasteiger partial charge in [0.25, 0.3) is 5.91 Å². The third-order valence-electron chi connectivity index (χ3n) is 3.72. The number of rotatable bonds is 4. The molecule has 0 unspecified atom stereocenters. The molecule has 0 fully saturated rings. The number of nitrogens with one attached hydrogen (secondary N) is 1. The van der Waals surface area contributed by atoms with E-state index in [2.05, 4.69) is 5.32 Å². The fourth-order valence-corrected chi connectivity index (χ4v) is 3.18. The summed E-state index contributed by atoms with van der Waals surface area (Å²) in [4.78, 5) is 12.0. The summed E-state index contributed by atoms with van der Waals surface area (Å²) in [6, 6.07) is 5.23. The van der Waals surface area contributed by atoms with Crippen LogP contribution in [-0.2, 0) is 22.4 Å². The molecule has 2 aromatic rings. The van der Waals surface area contributed by atoms with Gasteiger partial charge in [-0.15, -0.1) is 0 Å². The second-order valence-corrected chi connectivity index (χ2v) is 8.22. The van der Waals surface area contributed by atoms with Gasteiger partial charge in [0.05, 0.1) is 16.0 Å². The number of benzene rings is 2. The zero-order valence-corrected chi connectivity index (χ0v) is 15.7. The molecule has 158 valence electrons. The Kier molecular flexibility index (Phi) is 6.00. The van der Waals surface area contributed by atoms with E-state index in [9.17, 15) is 39.6 Å². The zero-order chi connectivity index (χ0) is 22.2. The van der Waals surface area contributed by atoms with Crippen LogP contribution in [0, 0.1) is 0 Å². The molecule has 0 saturated heterocycles. The minimum Gasteiger partial charge on any atom is -0.322 e. The number of nitrogens with zero attached hydrogens (tertiary/aromatic N) is 1. The van der Waals surface area contributed by atoms with Gasteiger partial charge in [0.15, 0.2) is 0 Å². The van der Waals surface area contributed by atoms with E-state index in [-0.39, 0.29) is 28.8 Å². The highest BCUT2D eigenvalue weighted by Crippen LogP contribution is 2.36. The Balaban J connectivity index is 2.44. The Morgan fingerprint density at radius 2 is 1.41 bits per heavy atom. The third kappa shape index (κ3) is 5.26. The van der Waals surface area contributed by atoms with E-state index in [0.717, 1.165) is 10.4 Å². The summed E-state index contributed by atoms with van der Waals surface area (Å²) in [5.74, 6) is -1.26. The van der Waals surface area contributed by atoms with Gasteiger partial charge in [0, 0.05) is 25.3 Å². The van der Waals surface area contributed by atoms with Gasteiger partial charge in [0.2, 0.25) is 10.0 Å². The molecule has 0 radical (unpaired) electrons. The Hall–Kier alpha value is -2.60. The lowest BCUT2D eigenvalue weighted by Gasteiger charge is -2.15. The summed E-state index contributed by atoms with van der Waals surface area (Å²) in [6.45, 7) is 0. The van der Waals surface area contributed by atoms with Crippen molar-refractivity contribution < 1.29 is 39.6 Å². The molecule has 0 atom stereocenters. The number of hydrogen-bond acceptors (Lipinski definition) is 3. The summed E-state index contributed by atoms with van der Waals surface area (Å²) < 4.78 is 103. The predicted octanol–water partition coefficient (Wildman–Crippen LogP) is 4.23. The smallest absolute Gasteiger partial charge is 0.322 e. The van der Waals surface area contributed by atoms with Crippen LogP contribution in [0.25, 0.3) is 0 Å². The van der Waals surface area contributed by atoms with Gasteiger partial charge in [-0.3, -0.25) is 4.79 Å². The Bertz CT molecular complexity index is 998. The number of hydrogen-bond donors (Lipinski definition) is 1. The van der Waals surface area contributed by atoms with Crippen molar-refractivity contribution >= 4 is 21.6 Å². The maximum atomic E-state index is 12.9. The highest BCUT2D eigenvalue weighted by molar-refractivity contribution is 7.89. The predicted molar refractivity (Wildman–Crippen MR) is 91.7 cm³/mol. The molecular formula is C17H14F6N2O3S. The topological polar surface area (TPSA) is 66.5 Å². The maximum absolute atomic E-state index is 12.9. The zero-order valence-electron chi connectivity index (χ0n) is 14.9. The minimum absolute atomic E-state index is 0.0962. The number of carbonyl (C=O) groups is 1. The number of alkyl halides is 6. The van der Waals surface area contributed by atoms with E-state index in [0.29, 0.717) is 0 Å². The molecule has 29 heavy (non-hydrogen) atoms. The van der Waals surface area contributed by atoms with Crippen LogP contribution in [0.15, 0.2) is 47.4 Å². The van der Waals surface area contributed by atoms with Gasteiger partial charge >= 0.3 is 12.4 Å². The van der Waals surface area contributed by atoms with E-state index < -0.39 is 45.0 Å². The van der Waals surface area contributed by atoms with Crippen molar-refractivity contribution in [1.82, 2.24) is 4.31 Å². The second-order valence-electron chi connectivity index (χ2n) is 6.06. The largest absolute Gasteiger partial charge is 0.416 e.